The van der Waals surface area contributed by atoms with Crippen molar-refractivity contribution in [2.45, 2.75) is 38.8 Å². The molecule has 3 rings (SSSR count). The number of ether oxygens (including phenoxy) is 2. The SMILES string of the molecule is C[C@H]1C[C@H]1C(=O)NCc1cccc(OCCN(C)C2CCOCC2)c1. The molecule has 138 valence electrons. The molecule has 2 aliphatic rings. The molecular weight excluding hydrogens is 316 g/mol. The van der Waals surface area contributed by atoms with E-state index in [9.17, 15) is 4.79 Å². The van der Waals surface area contributed by atoms with Crippen LogP contribution in [0.1, 0.15) is 31.7 Å². The van der Waals surface area contributed by atoms with Gasteiger partial charge in [0.25, 0.3) is 0 Å². The number of likely N-dealkylation sites (N-methyl/N-ethyl adjacent to an activating group) is 1. The molecule has 0 bridgehead atoms. The van der Waals surface area contributed by atoms with Crippen LogP contribution in [-0.2, 0) is 16.1 Å². The largest absolute Gasteiger partial charge is 0.492 e. The van der Waals surface area contributed by atoms with Gasteiger partial charge in [-0.15, -0.1) is 0 Å². The standard InChI is InChI=1S/C20H30N2O3/c1-15-12-19(15)20(23)21-14-16-4-3-5-18(13-16)25-11-8-22(2)17-6-9-24-10-7-17/h3-5,13,15,17,19H,6-12,14H2,1-2H3,(H,21,23)/t15-,19+/m0/s1. The number of nitrogens with zero attached hydrogens (tertiary/aromatic N) is 1. The zero-order chi connectivity index (χ0) is 17.6. The Morgan fingerprint density at radius 1 is 1.36 bits per heavy atom. The van der Waals surface area contributed by atoms with Crippen LogP contribution in [0.3, 0.4) is 0 Å². The molecule has 0 radical (unpaired) electrons. The van der Waals surface area contributed by atoms with Crippen LogP contribution in [0.5, 0.6) is 5.75 Å². The summed E-state index contributed by atoms with van der Waals surface area (Å²) in [7, 11) is 2.16. The Labute approximate surface area is 150 Å². The quantitative estimate of drug-likeness (QED) is 0.786. The zero-order valence-corrected chi connectivity index (χ0v) is 15.4. The van der Waals surface area contributed by atoms with E-state index in [4.69, 9.17) is 9.47 Å². The van der Waals surface area contributed by atoms with E-state index in [0.29, 0.717) is 25.1 Å². The van der Waals surface area contributed by atoms with E-state index in [1.165, 1.54) is 0 Å². The fourth-order valence-electron chi connectivity index (χ4n) is 3.37. The first kappa shape index (κ1) is 18.2. The van der Waals surface area contributed by atoms with Crippen LogP contribution >= 0.6 is 0 Å². The van der Waals surface area contributed by atoms with Crippen molar-refractivity contribution in [2.24, 2.45) is 11.8 Å². The molecule has 5 nitrogen and oxygen atoms in total. The van der Waals surface area contributed by atoms with Crippen LogP contribution in [0.2, 0.25) is 0 Å². The Bertz CT molecular complexity index is 572. The van der Waals surface area contributed by atoms with Crippen LogP contribution in [0.15, 0.2) is 24.3 Å². The molecule has 5 heteroatoms. The fourth-order valence-corrected chi connectivity index (χ4v) is 3.37. The summed E-state index contributed by atoms with van der Waals surface area (Å²) in [4.78, 5) is 14.3. The van der Waals surface area contributed by atoms with Crippen LogP contribution in [0, 0.1) is 11.8 Å². The summed E-state index contributed by atoms with van der Waals surface area (Å²) in [6.45, 7) is 6.00. The van der Waals surface area contributed by atoms with Crippen LogP contribution in [0.4, 0.5) is 0 Å². The number of carbonyl (C=O) groups excluding carboxylic acids is 1. The molecule has 0 unspecified atom stereocenters. The number of amides is 1. The van der Waals surface area contributed by atoms with Gasteiger partial charge in [-0.3, -0.25) is 9.69 Å². The highest BCUT2D eigenvalue weighted by molar-refractivity contribution is 5.81. The first-order chi connectivity index (χ1) is 12.1. The minimum atomic E-state index is 0.178. The van der Waals surface area contributed by atoms with Crippen LogP contribution in [-0.4, -0.2) is 50.3 Å². The monoisotopic (exact) mass is 346 g/mol. The van der Waals surface area contributed by atoms with Gasteiger partial charge in [-0.25, -0.2) is 0 Å². The summed E-state index contributed by atoms with van der Waals surface area (Å²) >= 11 is 0. The zero-order valence-electron chi connectivity index (χ0n) is 15.4. The van der Waals surface area contributed by atoms with E-state index in [-0.39, 0.29) is 11.8 Å². The number of rotatable bonds is 8. The molecule has 1 saturated carbocycles. The molecule has 1 aliphatic heterocycles. The lowest BCUT2D eigenvalue weighted by Crippen LogP contribution is -2.38. The number of nitrogens with one attached hydrogen (secondary N) is 1. The normalized spacial score (nSPS) is 23.5. The van der Waals surface area contributed by atoms with Crippen molar-refractivity contribution in [3.05, 3.63) is 29.8 Å². The van der Waals surface area contributed by atoms with Crippen molar-refractivity contribution in [1.29, 1.82) is 0 Å². The van der Waals surface area contributed by atoms with Gasteiger partial charge in [-0.1, -0.05) is 19.1 Å². The van der Waals surface area contributed by atoms with Gasteiger partial charge < -0.3 is 14.8 Å². The lowest BCUT2D eigenvalue weighted by Gasteiger charge is -2.31. The lowest BCUT2D eigenvalue weighted by atomic mass is 10.1. The molecule has 1 N–H and O–H groups in total. The molecule has 1 aromatic carbocycles. The summed E-state index contributed by atoms with van der Waals surface area (Å²) in [6.07, 6.45) is 3.23. The molecule has 1 saturated heterocycles. The van der Waals surface area contributed by atoms with Gasteiger partial charge in [0.05, 0.1) is 0 Å². The molecule has 0 aromatic heterocycles. The average Bonchev–Trinajstić information content (AvgIpc) is 3.37. The first-order valence-electron chi connectivity index (χ1n) is 9.41. The number of hydrogen-bond donors (Lipinski definition) is 1. The highest BCUT2D eigenvalue weighted by atomic mass is 16.5. The summed E-state index contributed by atoms with van der Waals surface area (Å²) in [5, 5.41) is 3.02. The molecule has 1 heterocycles. The topological polar surface area (TPSA) is 50.8 Å². The molecule has 0 spiro atoms. The summed E-state index contributed by atoms with van der Waals surface area (Å²) in [6, 6.07) is 8.60. The van der Waals surface area contributed by atoms with E-state index < -0.39 is 0 Å². The van der Waals surface area contributed by atoms with Crippen molar-refractivity contribution in [3.8, 4) is 5.75 Å². The number of hydrogen-bond acceptors (Lipinski definition) is 4. The van der Waals surface area contributed by atoms with Gasteiger partial charge in [-0.2, -0.15) is 0 Å². The molecule has 2 fully saturated rings. The van der Waals surface area contributed by atoms with Gasteiger partial charge in [0.2, 0.25) is 5.91 Å². The minimum absolute atomic E-state index is 0.178. The lowest BCUT2D eigenvalue weighted by molar-refractivity contribution is -0.122. The molecule has 1 aromatic rings. The van der Waals surface area contributed by atoms with Crippen molar-refractivity contribution in [2.75, 3.05) is 33.4 Å². The van der Waals surface area contributed by atoms with Crippen LogP contribution in [0.25, 0.3) is 0 Å². The molecular formula is C20H30N2O3. The average molecular weight is 346 g/mol. The van der Waals surface area contributed by atoms with Gasteiger partial charge in [0, 0.05) is 38.3 Å². The Morgan fingerprint density at radius 2 is 2.12 bits per heavy atom. The maximum atomic E-state index is 11.9. The predicted molar refractivity (Wildman–Crippen MR) is 97.5 cm³/mol. The molecule has 25 heavy (non-hydrogen) atoms. The van der Waals surface area contributed by atoms with Gasteiger partial charge in [-0.05, 0) is 49.9 Å². The van der Waals surface area contributed by atoms with Gasteiger partial charge in [0.1, 0.15) is 12.4 Å². The predicted octanol–water partition coefficient (Wildman–Crippen LogP) is 2.45. The smallest absolute Gasteiger partial charge is 0.223 e. The van der Waals surface area contributed by atoms with E-state index in [0.717, 1.165) is 50.3 Å². The Kier molecular flexibility index (Phi) is 6.32. The highest BCUT2D eigenvalue weighted by Crippen LogP contribution is 2.37. The third kappa shape index (κ3) is 5.44. The molecule has 1 aliphatic carbocycles. The number of benzene rings is 1. The Balaban J connectivity index is 1.39. The fraction of sp³-hybridized carbons (Fsp3) is 0.650. The van der Waals surface area contributed by atoms with Crippen molar-refractivity contribution >= 4 is 5.91 Å². The highest BCUT2D eigenvalue weighted by Gasteiger charge is 2.38. The van der Waals surface area contributed by atoms with Crippen molar-refractivity contribution < 1.29 is 14.3 Å². The van der Waals surface area contributed by atoms with Crippen molar-refractivity contribution in [1.82, 2.24) is 10.2 Å². The maximum Gasteiger partial charge on any atom is 0.223 e. The molecule has 2 atom stereocenters. The third-order valence-corrected chi connectivity index (χ3v) is 5.34. The van der Waals surface area contributed by atoms with E-state index in [2.05, 4.69) is 24.2 Å². The summed E-state index contributed by atoms with van der Waals surface area (Å²) in [5.74, 6) is 1.81. The summed E-state index contributed by atoms with van der Waals surface area (Å²) in [5.41, 5.74) is 1.08. The van der Waals surface area contributed by atoms with Gasteiger partial charge in [0.15, 0.2) is 0 Å². The second-order valence-electron chi connectivity index (χ2n) is 7.36. The number of carbonyl (C=O) groups is 1. The first-order valence-corrected chi connectivity index (χ1v) is 9.41. The third-order valence-electron chi connectivity index (χ3n) is 5.34. The second-order valence-corrected chi connectivity index (χ2v) is 7.36. The van der Waals surface area contributed by atoms with Gasteiger partial charge >= 0.3 is 0 Å². The Hall–Kier alpha value is -1.59. The Morgan fingerprint density at radius 3 is 2.84 bits per heavy atom. The van der Waals surface area contributed by atoms with E-state index in [1.807, 2.05) is 24.3 Å². The second kappa shape index (κ2) is 8.68. The van der Waals surface area contributed by atoms with Crippen molar-refractivity contribution in [3.63, 3.8) is 0 Å². The molecule has 1 amide bonds. The van der Waals surface area contributed by atoms with E-state index in [1.54, 1.807) is 0 Å². The summed E-state index contributed by atoms with van der Waals surface area (Å²) < 4.78 is 11.3. The van der Waals surface area contributed by atoms with E-state index >= 15 is 0 Å². The maximum absolute atomic E-state index is 11.9. The van der Waals surface area contributed by atoms with Crippen LogP contribution < -0.4 is 10.1 Å². The minimum Gasteiger partial charge on any atom is -0.492 e.